The highest BCUT2D eigenvalue weighted by molar-refractivity contribution is 5.96. The summed E-state index contributed by atoms with van der Waals surface area (Å²) < 4.78 is 10.7. The molecule has 0 unspecified atom stereocenters. The van der Waals surface area contributed by atoms with Gasteiger partial charge in [0.15, 0.2) is 11.5 Å². The van der Waals surface area contributed by atoms with Crippen LogP contribution in [-0.2, 0) is 4.74 Å². The average molecular weight is 289 g/mol. The molecule has 21 heavy (non-hydrogen) atoms. The Bertz CT molecular complexity index is 632. The average Bonchev–Trinajstić information content (AvgIpc) is 2.87. The minimum atomic E-state index is -0.0841. The van der Waals surface area contributed by atoms with E-state index >= 15 is 0 Å². The van der Waals surface area contributed by atoms with Gasteiger partial charge in [-0.15, -0.1) is 0 Å². The fourth-order valence-corrected chi connectivity index (χ4v) is 2.44. The summed E-state index contributed by atoms with van der Waals surface area (Å²) in [5.74, 6) is 0.522. The van der Waals surface area contributed by atoms with Crippen molar-refractivity contribution in [1.29, 1.82) is 0 Å². The molecule has 1 N–H and O–H groups in total. The molecule has 2 aromatic rings. The van der Waals surface area contributed by atoms with Crippen LogP contribution in [0.5, 0.6) is 0 Å². The van der Waals surface area contributed by atoms with Gasteiger partial charge in [-0.3, -0.25) is 9.69 Å². The fourth-order valence-electron chi connectivity index (χ4n) is 2.44. The standard InChI is InChI=1S/C15H19N3O3/c1-11-17-13-3-2-12(10-14(13)21-11)15(19)16-4-5-18-6-8-20-9-7-18/h2-3,10H,4-9H2,1H3,(H,16,19). The number of ether oxygens (including phenoxy) is 1. The molecule has 0 radical (unpaired) electrons. The second kappa shape index (κ2) is 6.24. The summed E-state index contributed by atoms with van der Waals surface area (Å²) in [7, 11) is 0. The summed E-state index contributed by atoms with van der Waals surface area (Å²) in [6, 6.07) is 5.32. The van der Waals surface area contributed by atoms with Crippen molar-refractivity contribution in [1.82, 2.24) is 15.2 Å². The maximum absolute atomic E-state index is 12.1. The Labute approximate surface area is 123 Å². The number of oxazole rings is 1. The van der Waals surface area contributed by atoms with E-state index in [1.54, 1.807) is 19.1 Å². The van der Waals surface area contributed by atoms with E-state index in [0.29, 0.717) is 23.6 Å². The highest BCUT2D eigenvalue weighted by Gasteiger charge is 2.12. The molecule has 0 aliphatic carbocycles. The molecule has 0 bridgehead atoms. The third kappa shape index (κ3) is 3.40. The molecule has 1 saturated heterocycles. The van der Waals surface area contributed by atoms with E-state index in [-0.39, 0.29) is 5.91 Å². The van der Waals surface area contributed by atoms with E-state index < -0.39 is 0 Å². The SMILES string of the molecule is Cc1nc2ccc(C(=O)NCCN3CCOCC3)cc2o1. The van der Waals surface area contributed by atoms with Gasteiger partial charge in [0.25, 0.3) is 5.91 Å². The number of carbonyl (C=O) groups excluding carboxylic acids is 1. The predicted octanol–water partition coefficient (Wildman–Crippen LogP) is 1.20. The van der Waals surface area contributed by atoms with Crippen LogP contribution in [0, 0.1) is 6.92 Å². The Morgan fingerprint density at radius 1 is 1.38 bits per heavy atom. The maximum Gasteiger partial charge on any atom is 0.251 e. The molecule has 1 aliphatic heterocycles. The molecule has 1 aliphatic rings. The van der Waals surface area contributed by atoms with Crippen LogP contribution >= 0.6 is 0 Å². The molecule has 6 heteroatoms. The Kier molecular flexibility index (Phi) is 4.17. The smallest absolute Gasteiger partial charge is 0.251 e. The molecule has 2 heterocycles. The van der Waals surface area contributed by atoms with E-state index in [1.807, 2.05) is 6.07 Å². The van der Waals surface area contributed by atoms with Gasteiger partial charge < -0.3 is 14.5 Å². The molecule has 0 atom stereocenters. The van der Waals surface area contributed by atoms with Crippen LogP contribution in [0.2, 0.25) is 0 Å². The van der Waals surface area contributed by atoms with E-state index in [9.17, 15) is 4.79 Å². The number of amides is 1. The van der Waals surface area contributed by atoms with Crippen LogP contribution < -0.4 is 5.32 Å². The normalized spacial score (nSPS) is 16.2. The molecular weight excluding hydrogens is 270 g/mol. The zero-order valence-electron chi connectivity index (χ0n) is 12.1. The van der Waals surface area contributed by atoms with Crippen LogP contribution in [0.25, 0.3) is 11.1 Å². The highest BCUT2D eigenvalue weighted by Crippen LogP contribution is 2.16. The van der Waals surface area contributed by atoms with Gasteiger partial charge in [-0.05, 0) is 18.2 Å². The quantitative estimate of drug-likeness (QED) is 0.916. The maximum atomic E-state index is 12.1. The molecule has 1 amide bonds. The lowest BCUT2D eigenvalue weighted by molar-refractivity contribution is 0.0383. The summed E-state index contributed by atoms with van der Waals surface area (Å²) in [5.41, 5.74) is 2.02. The Balaban J connectivity index is 1.55. The lowest BCUT2D eigenvalue weighted by Crippen LogP contribution is -2.41. The largest absolute Gasteiger partial charge is 0.441 e. The van der Waals surface area contributed by atoms with Crippen LogP contribution in [0.15, 0.2) is 22.6 Å². The van der Waals surface area contributed by atoms with Crippen LogP contribution in [0.1, 0.15) is 16.2 Å². The van der Waals surface area contributed by atoms with Gasteiger partial charge >= 0.3 is 0 Å². The Hall–Kier alpha value is -1.92. The summed E-state index contributed by atoms with van der Waals surface area (Å²) in [5, 5.41) is 2.93. The minimum Gasteiger partial charge on any atom is -0.441 e. The first kappa shape index (κ1) is 14.0. The number of carbonyl (C=O) groups is 1. The number of hydrogen-bond donors (Lipinski definition) is 1. The predicted molar refractivity (Wildman–Crippen MR) is 78.3 cm³/mol. The van der Waals surface area contributed by atoms with E-state index in [0.717, 1.165) is 38.4 Å². The van der Waals surface area contributed by atoms with Crippen molar-refractivity contribution >= 4 is 17.0 Å². The number of nitrogens with zero attached hydrogens (tertiary/aromatic N) is 2. The molecule has 6 nitrogen and oxygen atoms in total. The van der Waals surface area contributed by atoms with Crippen LogP contribution in [-0.4, -0.2) is 55.2 Å². The van der Waals surface area contributed by atoms with Crippen molar-refractivity contribution in [3.63, 3.8) is 0 Å². The number of fused-ring (bicyclic) bond motifs is 1. The fraction of sp³-hybridized carbons (Fsp3) is 0.467. The second-order valence-electron chi connectivity index (χ2n) is 5.13. The van der Waals surface area contributed by atoms with Gasteiger partial charge in [-0.25, -0.2) is 4.98 Å². The van der Waals surface area contributed by atoms with Gasteiger partial charge in [-0.1, -0.05) is 0 Å². The summed E-state index contributed by atoms with van der Waals surface area (Å²) in [4.78, 5) is 18.6. The summed E-state index contributed by atoms with van der Waals surface area (Å²) in [6.07, 6.45) is 0. The lowest BCUT2D eigenvalue weighted by atomic mass is 10.2. The van der Waals surface area contributed by atoms with Gasteiger partial charge in [-0.2, -0.15) is 0 Å². The number of morpholine rings is 1. The third-order valence-electron chi connectivity index (χ3n) is 3.57. The van der Waals surface area contributed by atoms with Gasteiger partial charge in [0.05, 0.1) is 13.2 Å². The van der Waals surface area contributed by atoms with Crippen molar-refractivity contribution in [3.05, 3.63) is 29.7 Å². The van der Waals surface area contributed by atoms with Crippen LogP contribution in [0.4, 0.5) is 0 Å². The molecule has 0 spiro atoms. The first-order chi connectivity index (χ1) is 10.2. The van der Waals surface area contributed by atoms with Crippen molar-refractivity contribution in [2.24, 2.45) is 0 Å². The molecule has 1 fully saturated rings. The summed E-state index contributed by atoms with van der Waals surface area (Å²) >= 11 is 0. The Morgan fingerprint density at radius 2 is 2.19 bits per heavy atom. The Morgan fingerprint density at radius 3 is 3.00 bits per heavy atom. The topological polar surface area (TPSA) is 67.6 Å². The van der Waals surface area contributed by atoms with Crippen molar-refractivity contribution < 1.29 is 13.9 Å². The van der Waals surface area contributed by atoms with Crippen molar-refractivity contribution in [2.45, 2.75) is 6.92 Å². The monoisotopic (exact) mass is 289 g/mol. The molecule has 3 rings (SSSR count). The molecule has 1 aromatic heterocycles. The first-order valence-electron chi connectivity index (χ1n) is 7.18. The molecule has 1 aromatic carbocycles. The van der Waals surface area contributed by atoms with E-state index in [4.69, 9.17) is 9.15 Å². The molecular formula is C15H19N3O3. The van der Waals surface area contributed by atoms with Gasteiger partial charge in [0, 0.05) is 38.7 Å². The lowest BCUT2D eigenvalue weighted by Gasteiger charge is -2.26. The van der Waals surface area contributed by atoms with Crippen molar-refractivity contribution in [3.8, 4) is 0 Å². The number of aryl methyl sites for hydroxylation is 1. The molecule has 0 saturated carbocycles. The van der Waals surface area contributed by atoms with Crippen LogP contribution in [0.3, 0.4) is 0 Å². The number of nitrogens with one attached hydrogen (secondary N) is 1. The van der Waals surface area contributed by atoms with Gasteiger partial charge in [0.1, 0.15) is 5.52 Å². The van der Waals surface area contributed by atoms with E-state index in [1.165, 1.54) is 0 Å². The first-order valence-corrected chi connectivity index (χ1v) is 7.18. The second-order valence-corrected chi connectivity index (χ2v) is 5.13. The number of benzene rings is 1. The zero-order valence-corrected chi connectivity index (χ0v) is 12.1. The number of aromatic nitrogens is 1. The summed E-state index contributed by atoms with van der Waals surface area (Å²) in [6.45, 7) is 6.68. The number of rotatable bonds is 4. The molecule has 112 valence electrons. The number of hydrogen-bond acceptors (Lipinski definition) is 5. The zero-order chi connectivity index (χ0) is 14.7. The highest BCUT2D eigenvalue weighted by atomic mass is 16.5. The van der Waals surface area contributed by atoms with Crippen molar-refractivity contribution in [2.75, 3.05) is 39.4 Å². The minimum absolute atomic E-state index is 0.0841. The van der Waals surface area contributed by atoms with E-state index in [2.05, 4.69) is 15.2 Å². The van der Waals surface area contributed by atoms with Gasteiger partial charge in [0.2, 0.25) is 0 Å². The third-order valence-corrected chi connectivity index (χ3v) is 3.57.